The smallest absolute Gasteiger partial charge is 0.267 e. The predicted octanol–water partition coefficient (Wildman–Crippen LogP) is 1.34. The van der Waals surface area contributed by atoms with Gasteiger partial charge in [0.25, 0.3) is 5.91 Å². The van der Waals surface area contributed by atoms with Crippen LogP contribution in [0.1, 0.15) is 24.1 Å². The summed E-state index contributed by atoms with van der Waals surface area (Å²) in [5.74, 6) is -0.0482. The highest BCUT2D eigenvalue weighted by atomic mass is 16.5. The maximum atomic E-state index is 13.1. The van der Waals surface area contributed by atoms with Gasteiger partial charge in [-0.3, -0.25) is 19.8 Å². The maximum absolute atomic E-state index is 13.1. The summed E-state index contributed by atoms with van der Waals surface area (Å²) in [5.41, 5.74) is 2.21. The van der Waals surface area contributed by atoms with Crippen molar-refractivity contribution in [2.45, 2.75) is 24.8 Å². The maximum Gasteiger partial charge on any atom is 0.267 e. The van der Waals surface area contributed by atoms with Gasteiger partial charge in [0.15, 0.2) is 5.78 Å². The van der Waals surface area contributed by atoms with Crippen LogP contribution in [0.4, 0.5) is 5.82 Å². The lowest BCUT2D eigenvalue weighted by Crippen LogP contribution is -2.57. The molecule has 0 unspecified atom stereocenters. The molecule has 8 heteroatoms. The van der Waals surface area contributed by atoms with E-state index in [1.165, 1.54) is 23.9 Å². The highest BCUT2D eigenvalue weighted by Crippen LogP contribution is 2.24. The van der Waals surface area contributed by atoms with Crippen molar-refractivity contribution >= 4 is 23.6 Å². The van der Waals surface area contributed by atoms with Gasteiger partial charge in [-0.25, -0.2) is 10.5 Å². The van der Waals surface area contributed by atoms with Gasteiger partial charge in [-0.2, -0.15) is 0 Å². The van der Waals surface area contributed by atoms with Crippen LogP contribution in [0.15, 0.2) is 48.8 Å². The topological polar surface area (TPSA) is 116 Å². The number of anilines is 1. The number of amides is 1. The molecule has 1 amide bonds. The molecule has 3 rings (SSSR count). The fraction of sp³-hybridized carbons (Fsp3) is 0.300. The summed E-state index contributed by atoms with van der Waals surface area (Å²) in [6, 6.07) is 9.68. The molecule has 146 valence electrons. The molecular weight excluding hydrogens is 358 g/mol. The van der Waals surface area contributed by atoms with Crippen molar-refractivity contribution in [3.05, 3.63) is 60.1 Å². The van der Waals surface area contributed by atoms with Gasteiger partial charge < -0.3 is 10.6 Å². The minimum absolute atomic E-state index is 0.108. The Hall–Kier alpha value is -3.10. The second kappa shape index (κ2) is 9.20. The number of benzene rings is 1. The summed E-state index contributed by atoms with van der Waals surface area (Å²) in [4.78, 5) is 32.7. The van der Waals surface area contributed by atoms with Gasteiger partial charge in [0.2, 0.25) is 0 Å². The lowest BCUT2D eigenvalue weighted by Gasteiger charge is -2.37. The number of rotatable bonds is 7. The molecule has 2 aromatic rings. The van der Waals surface area contributed by atoms with E-state index < -0.39 is 11.4 Å². The number of hydrogen-bond acceptors (Lipinski definition) is 7. The molecule has 2 heterocycles. The third kappa shape index (κ3) is 4.99. The van der Waals surface area contributed by atoms with Crippen molar-refractivity contribution in [1.82, 2.24) is 20.8 Å². The van der Waals surface area contributed by atoms with E-state index >= 15 is 0 Å². The van der Waals surface area contributed by atoms with Crippen LogP contribution in [0.3, 0.4) is 0 Å². The molecule has 1 atom stereocenters. The van der Waals surface area contributed by atoms with Crippen LogP contribution in [0.5, 0.6) is 0 Å². The first kappa shape index (κ1) is 19.7. The number of nitrogens with one attached hydrogen (secondary N) is 3. The van der Waals surface area contributed by atoms with Gasteiger partial charge >= 0.3 is 0 Å². The lowest BCUT2D eigenvalue weighted by molar-refractivity contribution is -0.124. The Morgan fingerprint density at radius 1 is 1.21 bits per heavy atom. The Morgan fingerprint density at radius 3 is 2.68 bits per heavy atom. The molecule has 4 N–H and O–H groups in total. The first-order chi connectivity index (χ1) is 13.6. The quantitative estimate of drug-likeness (QED) is 0.325. The van der Waals surface area contributed by atoms with E-state index in [4.69, 9.17) is 5.21 Å². The van der Waals surface area contributed by atoms with E-state index in [1.54, 1.807) is 0 Å². The van der Waals surface area contributed by atoms with Crippen LogP contribution in [0.2, 0.25) is 0 Å². The average Bonchev–Trinajstić information content (AvgIpc) is 2.74. The molecule has 1 aromatic heterocycles. The van der Waals surface area contributed by atoms with E-state index in [9.17, 15) is 9.59 Å². The molecule has 1 fully saturated rings. The van der Waals surface area contributed by atoms with Crippen molar-refractivity contribution in [2.24, 2.45) is 0 Å². The van der Waals surface area contributed by atoms with Crippen LogP contribution in [0, 0.1) is 0 Å². The normalized spacial score (nSPS) is 19.3. The van der Waals surface area contributed by atoms with Crippen LogP contribution in [-0.2, 0) is 16.0 Å². The van der Waals surface area contributed by atoms with Crippen LogP contribution in [-0.4, -0.2) is 45.5 Å². The third-order valence-corrected chi connectivity index (χ3v) is 4.68. The van der Waals surface area contributed by atoms with E-state index in [-0.39, 0.29) is 5.78 Å². The van der Waals surface area contributed by atoms with Crippen molar-refractivity contribution in [3.8, 4) is 0 Å². The van der Waals surface area contributed by atoms with Gasteiger partial charge in [0.05, 0.1) is 18.1 Å². The van der Waals surface area contributed by atoms with Crippen molar-refractivity contribution in [3.63, 3.8) is 0 Å². The first-order valence-corrected chi connectivity index (χ1v) is 9.12. The number of Topliss-reactive ketones (excluding diaryl/α,β-unsaturated/α-hetero) is 1. The summed E-state index contributed by atoms with van der Waals surface area (Å²) in [6.07, 6.45) is 7.55. The minimum Gasteiger partial charge on any atom is -0.355 e. The standard InChI is InChI=1S/C20H23N5O3/c26-17(11-15-5-2-1-3-6-15)20(9-4-10-21-14-20)24-18-13-22-16(12-23-18)7-8-19(27)25-28/h1-3,5-8,12-13,21,28H,4,9-11,14H2,(H,23,24)(H,25,27)/b8-7+/t20-/m1/s1. The zero-order valence-electron chi connectivity index (χ0n) is 15.4. The van der Waals surface area contributed by atoms with E-state index in [0.29, 0.717) is 30.9 Å². The summed E-state index contributed by atoms with van der Waals surface area (Å²) in [7, 11) is 0. The molecule has 1 saturated heterocycles. The molecule has 0 radical (unpaired) electrons. The molecule has 8 nitrogen and oxygen atoms in total. The summed E-state index contributed by atoms with van der Waals surface area (Å²) >= 11 is 0. The first-order valence-electron chi connectivity index (χ1n) is 9.12. The molecule has 28 heavy (non-hydrogen) atoms. The molecule has 1 aliphatic rings. The van der Waals surface area contributed by atoms with E-state index in [2.05, 4.69) is 20.6 Å². The molecule has 0 aliphatic carbocycles. The predicted molar refractivity (Wildman–Crippen MR) is 105 cm³/mol. The fourth-order valence-corrected chi connectivity index (χ4v) is 3.20. The van der Waals surface area contributed by atoms with Crippen molar-refractivity contribution < 1.29 is 14.8 Å². The fourth-order valence-electron chi connectivity index (χ4n) is 3.20. The van der Waals surface area contributed by atoms with E-state index in [1.807, 2.05) is 30.3 Å². The molecule has 0 spiro atoms. The number of carbonyl (C=O) groups excluding carboxylic acids is 2. The van der Waals surface area contributed by atoms with Crippen LogP contribution < -0.4 is 16.1 Å². The van der Waals surface area contributed by atoms with Gasteiger partial charge in [-0.15, -0.1) is 0 Å². The molecular formula is C20H23N5O3. The van der Waals surface area contributed by atoms with Gasteiger partial charge in [0.1, 0.15) is 11.4 Å². The zero-order chi connectivity index (χ0) is 19.8. The Balaban J connectivity index is 1.74. The number of ketones is 1. The van der Waals surface area contributed by atoms with Crippen LogP contribution >= 0.6 is 0 Å². The van der Waals surface area contributed by atoms with Gasteiger partial charge in [-0.05, 0) is 31.0 Å². The molecule has 0 bridgehead atoms. The largest absolute Gasteiger partial charge is 0.355 e. The van der Waals surface area contributed by atoms with Gasteiger partial charge in [-0.1, -0.05) is 30.3 Å². The second-order valence-corrected chi connectivity index (χ2v) is 6.71. The number of carbonyl (C=O) groups is 2. The Morgan fingerprint density at radius 2 is 2.04 bits per heavy atom. The summed E-state index contributed by atoms with van der Waals surface area (Å²) < 4.78 is 0. The van der Waals surface area contributed by atoms with Gasteiger partial charge in [0, 0.05) is 19.0 Å². The number of piperidine rings is 1. The molecule has 1 aromatic carbocycles. The monoisotopic (exact) mass is 381 g/mol. The molecule has 1 aliphatic heterocycles. The summed E-state index contributed by atoms with van der Waals surface area (Å²) in [6.45, 7) is 1.41. The van der Waals surface area contributed by atoms with Crippen LogP contribution in [0.25, 0.3) is 6.08 Å². The minimum atomic E-state index is -0.739. The van der Waals surface area contributed by atoms with Crippen molar-refractivity contribution in [1.29, 1.82) is 0 Å². The Bertz CT molecular complexity index is 831. The average molecular weight is 381 g/mol. The Kier molecular flexibility index (Phi) is 6.46. The number of hydrogen-bond donors (Lipinski definition) is 4. The van der Waals surface area contributed by atoms with Crippen molar-refractivity contribution in [2.75, 3.05) is 18.4 Å². The third-order valence-electron chi connectivity index (χ3n) is 4.68. The zero-order valence-corrected chi connectivity index (χ0v) is 15.4. The van der Waals surface area contributed by atoms with E-state index in [0.717, 1.165) is 24.6 Å². The SMILES string of the molecule is O=C(/C=C/c1cnc(N[C@]2(C(=O)Cc3ccccc3)CCCNC2)cn1)NO. The highest BCUT2D eigenvalue weighted by Gasteiger charge is 2.39. The highest BCUT2D eigenvalue weighted by molar-refractivity contribution is 5.93. The molecule has 0 saturated carbocycles. The number of nitrogens with zero attached hydrogens (tertiary/aromatic N) is 2. The number of aromatic nitrogens is 2. The Labute approximate surface area is 163 Å². The second-order valence-electron chi connectivity index (χ2n) is 6.71. The lowest BCUT2D eigenvalue weighted by atomic mass is 9.83. The number of hydroxylamine groups is 1. The summed E-state index contributed by atoms with van der Waals surface area (Å²) in [5, 5.41) is 15.1.